The van der Waals surface area contributed by atoms with Crippen molar-refractivity contribution in [1.82, 2.24) is 9.88 Å². The van der Waals surface area contributed by atoms with Crippen LogP contribution in [0.1, 0.15) is 6.92 Å². The molecular weight excluding hydrogens is 294 g/mol. The molecule has 1 unspecified atom stereocenters. The molecule has 4 nitrogen and oxygen atoms in total. The number of thiazole rings is 1. The maximum atomic E-state index is 5.99. The Morgan fingerprint density at radius 1 is 1.45 bits per heavy atom. The van der Waals surface area contributed by atoms with E-state index in [4.69, 9.17) is 16.3 Å². The van der Waals surface area contributed by atoms with E-state index in [1.807, 2.05) is 18.2 Å². The van der Waals surface area contributed by atoms with Crippen molar-refractivity contribution in [3.8, 4) is 0 Å². The monoisotopic (exact) mass is 311 g/mol. The lowest BCUT2D eigenvalue weighted by molar-refractivity contribution is 0.0368. The summed E-state index contributed by atoms with van der Waals surface area (Å²) in [7, 11) is 0. The van der Waals surface area contributed by atoms with Crippen LogP contribution in [0.2, 0.25) is 5.02 Å². The predicted octanol–water partition coefficient (Wildman–Crippen LogP) is 3.08. The molecule has 1 N–H and O–H groups in total. The number of morpholine rings is 1. The maximum Gasteiger partial charge on any atom is 0.184 e. The molecule has 0 amide bonds. The van der Waals surface area contributed by atoms with Crippen molar-refractivity contribution >= 4 is 38.3 Å². The van der Waals surface area contributed by atoms with Gasteiger partial charge in [0.2, 0.25) is 0 Å². The number of fused-ring (bicyclic) bond motifs is 1. The standard InChI is InChI=1S/C14H18ClN3OS/c1-10(9-18-4-6-19-7-5-18)16-14-17-12-8-11(15)2-3-13(12)20-14/h2-3,8,10H,4-7,9H2,1H3,(H,16,17). The average molecular weight is 312 g/mol. The minimum absolute atomic E-state index is 0.365. The van der Waals surface area contributed by atoms with Gasteiger partial charge in [-0.2, -0.15) is 0 Å². The molecule has 1 aliphatic heterocycles. The van der Waals surface area contributed by atoms with Gasteiger partial charge in [-0.1, -0.05) is 22.9 Å². The summed E-state index contributed by atoms with van der Waals surface area (Å²) in [6.07, 6.45) is 0. The predicted molar refractivity (Wildman–Crippen MR) is 85.0 cm³/mol. The first kappa shape index (κ1) is 14.1. The second kappa shape index (κ2) is 6.26. The normalized spacial score (nSPS) is 18.3. The van der Waals surface area contributed by atoms with Crippen LogP contribution in [-0.4, -0.2) is 48.8 Å². The molecule has 0 aliphatic carbocycles. The van der Waals surface area contributed by atoms with E-state index in [-0.39, 0.29) is 0 Å². The summed E-state index contributed by atoms with van der Waals surface area (Å²) in [5, 5.41) is 5.17. The molecule has 3 rings (SSSR count). The van der Waals surface area contributed by atoms with E-state index in [1.165, 1.54) is 0 Å². The van der Waals surface area contributed by atoms with E-state index in [0.717, 1.165) is 53.2 Å². The van der Waals surface area contributed by atoms with Crippen LogP contribution in [0.4, 0.5) is 5.13 Å². The van der Waals surface area contributed by atoms with E-state index in [1.54, 1.807) is 11.3 Å². The average Bonchev–Trinajstić information content (AvgIpc) is 2.80. The van der Waals surface area contributed by atoms with Gasteiger partial charge in [-0.15, -0.1) is 0 Å². The first-order valence-corrected chi connectivity index (χ1v) is 8.03. The van der Waals surface area contributed by atoms with Crippen LogP contribution in [0.3, 0.4) is 0 Å². The summed E-state index contributed by atoms with van der Waals surface area (Å²) in [4.78, 5) is 7.01. The number of nitrogens with zero attached hydrogens (tertiary/aromatic N) is 2. The number of aromatic nitrogens is 1. The fraction of sp³-hybridized carbons (Fsp3) is 0.500. The molecule has 2 heterocycles. The van der Waals surface area contributed by atoms with Gasteiger partial charge >= 0.3 is 0 Å². The van der Waals surface area contributed by atoms with Gasteiger partial charge in [0, 0.05) is 30.7 Å². The third-order valence-corrected chi connectivity index (χ3v) is 4.56. The van der Waals surface area contributed by atoms with E-state index >= 15 is 0 Å². The van der Waals surface area contributed by atoms with E-state index in [2.05, 4.69) is 22.1 Å². The summed E-state index contributed by atoms with van der Waals surface area (Å²) in [6, 6.07) is 6.20. The minimum atomic E-state index is 0.365. The summed E-state index contributed by atoms with van der Waals surface area (Å²) < 4.78 is 6.53. The summed E-state index contributed by atoms with van der Waals surface area (Å²) in [6.45, 7) is 6.91. The first-order chi connectivity index (χ1) is 9.70. The van der Waals surface area contributed by atoms with Gasteiger partial charge in [0.15, 0.2) is 5.13 Å². The Kier molecular flexibility index (Phi) is 4.41. The quantitative estimate of drug-likeness (QED) is 0.941. The van der Waals surface area contributed by atoms with Crippen LogP contribution in [0.5, 0.6) is 0 Å². The zero-order chi connectivity index (χ0) is 13.9. The zero-order valence-electron chi connectivity index (χ0n) is 11.4. The van der Waals surface area contributed by atoms with Gasteiger partial charge in [0.05, 0.1) is 23.4 Å². The molecule has 0 bridgehead atoms. The molecule has 1 aromatic heterocycles. The molecular formula is C14H18ClN3OS. The van der Waals surface area contributed by atoms with Crippen LogP contribution in [0.15, 0.2) is 18.2 Å². The van der Waals surface area contributed by atoms with Crippen LogP contribution >= 0.6 is 22.9 Å². The van der Waals surface area contributed by atoms with Crippen LogP contribution in [0.25, 0.3) is 10.2 Å². The molecule has 1 aliphatic rings. The lowest BCUT2D eigenvalue weighted by Gasteiger charge is -2.29. The number of ether oxygens (including phenoxy) is 1. The highest BCUT2D eigenvalue weighted by Crippen LogP contribution is 2.28. The van der Waals surface area contributed by atoms with Gasteiger partial charge < -0.3 is 10.1 Å². The SMILES string of the molecule is CC(CN1CCOCC1)Nc1nc2cc(Cl)ccc2s1. The van der Waals surface area contributed by atoms with E-state index < -0.39 is 0 Å². The molecule has 20 heavy (non-hydrogen) atoms. The molecule has 108 valence electrons. The fourth-order valence-electron chi connectivity index (χ4n) is 2.39. The number of benzene rings is 1. The number of rotatable bonds is 4. The van der Waals surface area contributed by atoms with Crippen molar-refractivity contribution < 1.29 is 4.74 Å². The zero-order valence-corrected chi connectivity index (χ0v) is 13.0. The molecule has 1 atom stereocenters. The van der Waals surface area contributed by atoms with Gasteiger partial charge in [0.25, 0.3) is 0 Å². The highest BCUT2D eigenvalue weighted by atomic mass is 35.5. The van der Waals surface area contributed by atoms with Gasteiger partial charge in [-0.05, 0) is 25.1 Å². The topological polar surface area (TPSA) is 37.4 Å². The highest BCUT2D eigenvalue weighted by molar-refractivity contribution is 7.22. The Morgan fingerprint density at radius 2 is 2.25 bits per heavy atom. The molecule has 0 spiro atoms. The smallest absolute Gasteiger partial charge is 0.184 e. The van der Waals surface area contributed by atoms with Crippen molar-refractivity contribution in [2.45, 2.75) is 13.0 Å². The fourth-order valence-corrected chi connectivity index (χ4v) is 3.51. The molecule has 1 saturated heterocycles. The summed E-state index contributed by atoms with van der Waals surface area (Å²) in [5.41, 5.74) is 0.962. The molecule has 0 radical (unpaired) electrons. The van der Waals surface area contributed by atoms with Gasteiger partial charge in [0.1, 0.15) is 0 Å². The van der Waals surface area contributed by atoms with Crippen LogP contribution < -0.4 is 5.32 Å². The molecule has 2 aromatic rings. The first-order valence-electron chi connectivity index (χ1n) is 6.83. The number of halogens is 1. The third kappa shape index (κ3) is 3.41. The summed E-state index contributed by atoms with van der Waals surface area (Å²) in [5.74, 6) is 0. The molecule has 1 fully saturated rings. The Labute approximate surface area is 127 Å². The minimum Gasteiger partial charge on any atom is -0.379 e. The van der Waals surface area contributed by atoms with Crippen molar-refractivity contribution in [3.63, 3.8) is 0 Å². The van der Waals surface area contributed by atoms with Crippen LogP contribution in [0, 0.1) is 0 Å². The molecule has 1 aromatic carbocycles. The summed E-state index contributed by atoms with van der Waals surface area (Å²) >= 11 is 7.66. The lowest BCUT2D eigenvalue weighted by atomic mass is 10.3. The number of anilines is 1. The maximum absolute atomic E-state index is 5.99. The van der Waals surface area contributed by atoms with Crippen molar-refractivity contribution in [3.05, 3.63) is 23.2 Å². The Bertz CT molecular complexity index is 583. The van der Waals surface area contributed by atoms with Crippen LogP contribution in [-0.2, 0) is 4.74 Å². The third-order valence-electron chi connectivity index (χ3n) is 3.36. The van der Waals surface area contributed by atoms with Gasteiger partial charge in [-0.3, -0.25) is 4.90 Å². The largest absolute Gasteiger partial charge is 0.379 e. The lowest BCUT2D eigenvalue weighted by Crippen LogP contribution is -2.42. The van der Waals surface area contributed by atoms with E-state index in [9.17, 15) is 0 Å². The number of nitrogens with one attached hydrogen (secondary N) is 1. The molecule has 0 saturated carbocycles. The second-order valence-electron chi connectivity index (χ2n) is 5.09. The Morgan fingerprint density at radius 3 is 3.05 bits per heavy atom. The molecule has 6 heteroatoms. The Hall–Kier alpha value is -0.880. The Balaban J connectivity index is 1.63. The van der Waals surface area contributed by atoms with Crippen molar-refractivity contribution in [1.29, 1.82) is 0 Å². The number of hydrogen-bond donors (Lipinski definition) is 1. The van der Waals surface area contributed by atoms with Crippen molar-refractivity contribution in [2.24, 2.45) is 0 Å². The second-order valence-corrected chi connectivity index (χ2v) is 6.56. The number of hydrogen-bond acceptors (Lipinski definition) is 5. The highest BCUT2D eigenvalue weighted by Gasteiger charge is 2.14. The van der Waals surface area contributed by atoms with Crippen molar-refractivity contribution in [2.75, 3.05) is 38.2 Å². The van der Waals surface area contributed by atoms with E-state index in [0.29, 0.717) is 6.04 Å². The van der Waals surface area contributed by atoms with Gasteiger partial charge in [-0.25, -0.2) is 4.98 Å².